The zero-order valence-corrected chi connectivity index (χ0v) is 18.9. The van der Waals surface area contributed by atoms with Crippen molar-refractivity contribution in [3.63, 3.8) is 0 Å². The molecule has 4 rings (SSSR count). The lowest BCUT2D eigenvalue weighted by Gasteiger charge is -2.08. The summed E-state index contributed by atoms with van der Waals surface area (Å²) in [5, 5.41) is 10.9. The molecular weight excluding hydrogens is 447 g/mol. The van der Waals surface area contributed by atoms with Crippen molar-refractivity contribution in [2.24, 2.45) is 5.73 Å². The number of aromatic nitrogens is 1. The largest absolute Gasteiger partial charge is 0.497 e. The number of nitrogens with zero attached hydrogens (tertiary/aromatic N) is 1. The molecule has 3 aromatic carbocycles. The van der Waals surface area contributed by atoms with Crippen LogP contribution in [0.5, 0.6) is 5.75 Å². The van der Waals surface area contributed by atoms with Crippen molar-refractivity contribution < 1.29 is 14.6 Å². The summed E-state index contributed by atoms with van der Waals surface area (Å²) >= 11 is 12.1. The molecule has 1 aromatic heterocycles. The number of carbonyl (C=O) groups is 1. The molecule has 0 bridgehead atoms. The van der Waals surface area contributed by atoms with Gasteiger partial charge in [-0.3, -0.25) is 0 Å². The number of nitrogens with two attached hydrogens (primary N) is 1. The van der Waals surface area contributed by atoms with E-state index in [-0.39, 0.29) is 5.56 Å². The summed E-state index contributed by atoms with van der Waals surface area (Å²) in [7, 11) is 1.66. The maximum absolute atomic E-state index is 11.5. The predicted octanol–water partition coefficient (Wildman–Crippen LogP) is 6.10. The SMILES string of the molecule is COc1ccc(CCN)cc1.O=C(O)c1cc(-c2ccc(Cl)cc2Cl)nc2ccccc12. The van der Waals surface area contributed by atoms with Crippen LogP contribution in [0.1, 0.15) is 15.9 Å². The maximum Gasteiger partial charge on any atom is 0.336 e. The van der Waals surface area contributed by atoms with E-state index < -0.39 is 5.97 Å². The van der Waals surface area contributed by atoms with Crippen LogP contribution < -0.4 is 10.5 Å². The van der Waals surface area contributed by atoms with Crippen LogP contribution in [-0.2, 0) is 6.42 Å². The molecule has 0 radical (unpaired) electrons. The number of carboxylic acids is 1. The monoisotopic (exact) mass is 468 g/mol. The molecule has 0 aliphatic rings. The van der Waals surface area contributed by atoms with E-state index in [0.717, 1.165) is 12.2 Å². The van der Waals surface area contributed by atoms with Crippen LogP contribution in [0.15, 0.2) is 72.8 Å². The van der Waals surface area contributed by atoms with Crippen LogP contribution in [-0.4, -0.2) is 29.7 Å². The summed E-state index contributed by atoms with van der Waals surface area (Å²) in [6, 6.07) is 21.6. The van der Waals surface area contributed by atoms with E-state index in [1.54, 1.807) is 43.5 Å². The first-order chi connectivity index (χ1) is 15.4. The van der Waals surface area contributed by atoms with Gasteiger partial charge in [-0.2, -0.15) is 0 Å². The third-order valence-corrected chi connectivity index (χ3v) is 5.29. The molecule has 0 amide bonds. The van der Waals surface area contributed by atoms with Gasteiger partial charge >= 0.3 is 5.97 Å². The quantitative estimate of drug-likeness (QED) is 0.369. The van der Waals surface area contributed by atoms with E-state index in [1.165, 1.54) is 11.6 Å². The van der Waals surface area contributed by atoms with Crippen LogP contribution in [0.25, 0.3) is 22.2 Å². The smallest absolute Gasteiger partial charge is 0.336 e. The van der Waals surface area contributed by atoms with Gasteiger partial charge in [-0.15, -0.1) is 0 Å². The van der Waals surface area contributed by atoms with E-state index >= 15 is 0 Å². The first-order valence-corrected chi connectivity index (χ1v) is 10.6. The summed E-state index contributed by atoms with van der Waals surface area (Å²) in [5.41, 5.74) is 8.62. The molecule has 7 heteroatoms. The lowest BCUT2D eigenvalue weighted by molar-refractivity contribution is 0.0699. The van der Waals surface area contributed by atoms with Crippen molar-refractivity contribution in [2.75, 3.05) is 13.7 Å². The molecular formula is C25H22Cl2N2O3. The number of hydrogen-bond donors (Lipinski definition) is 2. The van der Waals surface area contributed by atoms with Crippen LogP contribution in [0.3, 0.4) is 0 Å². The predicted molar refractivity (Wildman–Crippen MR) is 130 cm³/mol. The summed E-state index contributed by atoms with van der Waals surface area (Å²) in [4.78, 5) is 15.9. The summed E-state index contributed by atoms with van der Waals surface area (Å²) < 4.78 is 5.02. The van der Waals surface area contributed by atoms with Gasteiger partial charge in [-0.25, -0.2) is 9.78 Å². The Morgan fingerprint density at radius 3 is 2.38 bits per heavy atom. The molecule has 0 atom stereocenters. The normalized spacial score (nSPS) is 10.4. The van der Waals surface area contributed by atoms with Crippen molar-refractivity contribution in [1.82, 2.24) is 4.98 Å². The number of carboxylic acid groups (broad SMARTS) is 1. The Hall–Kier alpha value is -3.12. The first-order valence-electron chi connectivity index (χ1n) is 9.84. The Morgan fingerprint density at radius 1 is 1.03 bits per heavy atom. The molecule has 5 nitrogen and oxygen atoms in total. The zero-order chi connectivity index (χ0) is 23.1. The molecule has 164 valence electrons. The minimum atomic E-state index is -1.00. The molecule has 0 saturated carbocycles. The second-order valence-corrected chi connectivity index (χ2v) is 7.73. The van der Waals surface area contributed by atoms with Gasteiger partial charge in [0, 0.05) is 16.0 Å². The van der Waals surface area contributed by atoms with E-state index in [0.29, 0.717) is 38.8 Å². The average molecular weight is 469 g/mol. The maximum atomic E-state index is 11.5. The molecule has 32 heavy (non-hydrogen) atoms. The van der Waals surface area contributed by atoms with E-state index in [2.05, 4.69) is 4.98 Å². The fourth-order valence-electron chi connectivity index (χ4n) is 3.15. The Morgan fingerprint density at radius 2 is 1.75 bits per heavy atom. The first kappa shape index (κ1) is 23.5. The zero-order valence-electron chi connectivity index (χ0n) is 17.4. The van der Waals surface area contributed by atoms with E-state index in [9.17, 15) is 9.90 Å². The Balaban J connectivity index is 0.000000222. The van der Waals surface area contributed by atoms with Gasteiger partial charge in [0.15, 0.2) is 0 Å². The number of methoxy groups -OCH3 is 1. The molecule has 4 aromatic rings. The minimum Gasteiger partial charge on any atom is -0.497 e. The fraction of sp³-hybridized carbons (Fsp3) is 0.120. The second kappa shape index (κ2) is 11.0. The average Bonchev–Trinajstić information content (AvgIpc) is 2.79. The van der Waals surface area contributed by atoms with E-state index in [1.807, 2.05) is 30.3 Å². The number of ether oxygens (including phenoxy) is 1. The summed E-state index contributed by atoms with van der Waals surface area (Å²) in [5.74, 6) is -0.106. The van der Waals surface area contributed by atoms with Crippen LogP contribution in [0.4, 0.5) is 0 Å². The van der Waals surface area contributed by atoms with Gasteiger partial charge in [0.25, 0.3) is 0 Å². The fourth-order valence-corrected chi connectivity index (χ4v) is 3.65. The Kier molecular flexibility index (Phi) is 8.06. The number of para-hydroxylation sites is 1. The highest BCUT2D eigenvalue weighted by Gasteiger charge is 2.14. The van der Waals surface area contributed by atoms with Crippen LogP contribution in [0.2, 0.25) is 10.0 Å². The molecule has 0 aliphatic carbocycles. The highest BCUT2D eigenvalue weighted by molar-refractivity contribution is 6.36. The number of benzene rings is 3. The van der Waals surface area contributed by atoms with Crippen molar-refractivity contribution in [1.29, 1.82) is 0 Å². The number of halogens is 2. The van der Waals surface area contributed by atoms with Crippen molar-refractivity contribution in [3.05, 3.63) is 94.0 Å². The van der Waals surface area contributed by atoms with Gasteiger partial charge in [-0.1, -0.05) is 53.5 Å². The highest BCUT2D eigenvalue weighted by Crippen LogP contribution is 2.31. The van der Waals surface area contributed by atoms with Crippen molar-refractivity contribution >= 4 is 40.1 Å². The van der Waals surface area contributed by atoms with Crippen LogP contribution >= 0.6 is 23.2 Å². The standard InChI is InChI=1S/C16H9Cl2NO2.C9H13NO/c17-9-5-6-11(13(18)7-9)15-8-12(16(20)21)10-3-1-2-4-14(10)19-15;1-11-9-4-2-8(3-5-9)6-7-10/h1-8H,(H,20,21);2-5H,6-7,10H2,1H3. The summed E-state index contributed by atoms with van der Waals surface area (Å²) in [6.45, 7) is 0.701. The third-order valence-electron chi connectivity index (χ3n) is 4.75. The van der Waals surface area contributed by atoms with Crippen molar-refractivity contribution in [2.45, 2.75) is 6.42 Å². The lowest BCUT2D eigenvalue weighted by atomic mass is 10.0. The van der Waals surface area contributed by atoms with Gasteiger partial charge in [0.2, 0.25) is 0 Å². The Labute approximate surface area is 196 Å². The molecule has 0 unspecified atom stereocenters. The number of hydrogen-bond acceptors (Lipinski definition) is 4. The lowest BCUT2D eigenvalue weighted by Crippen LogP contribution is -2.02. The molecule has 0 fully saturated rings. The molecule has 0 saturated heterocycles. The van der Waals surface area contributed by atoms with Crippen molar-refractivity contribution in [3.8, 4) is 17.0 Å². The van der Waals surface area contributed by atoms with E-state index in [4.69, 9.17) is 33.7 Å². The van der Waals surface area contributed by atoms with Gasteiger partial charge in [0.1, 0.15) is 5.75 Å². The minimum absolute atomic E-state index is 0.196. The number of pyridine rings is 1. The van der Waals surface area contributed by atoms with Gasteiger partial charge in [-0.05, 0) is 61.0 Å². The molecule has 1 heterocycles. The molecule has 0 aliphatic heterocycles. The summed E-state index contributed by atoms with van der Waals surface area (Å²) in [6.07, 6.45) is 0.935. The third kappa shape index (κ3) is 5.77. The van der Waals surface area contributed by atoms with Gasteiger partial charge in [0.05, 0.1) is 28.9 Å². The number of rotatable bonds is 5. The Bertz CT molecular complexity index is 1230. The molecule has 3 N–H and O–H groups in total. The second-order valence-electron chi connectivity index (χ2n) is 6.89. The van der Waals surface area contributed by atoms with Crippen LogP contribution in [0, 0.1) is 0 Å². The molecule has 0 spiro atoms. The van der Waals surface area contributed by atoms with Gasteiger partial charge < -0.3 is 15.6 Å². The highest BCUT2D eigenvalue weighted by atomic mass is 35.5. The number of aromatic carboxylic acids is 1. The topological polar surface area (TPSA) is 85.4 Å². The number of fused-ring (bicyclic) bond motifs is 1.